The minimum Gasteiger partial charge on any atom is -0.465 e. The van der Waals surface area contributed by atoms with E-state index in [4.69, 9.17) is 11.1 Å². The summed E-state index contributed by atoms with van der Waals surface area (Å²) in [5.41, 5.74) is 6.51. The lowest BCUT2D eigenvalue weighted by molar-refractivity contribution is 0.122. The maximum absolute atomic E-state index is 11.4. The highest BCUT2D eigenvalue weighted by Crippen LogP contribution is 2.18. The fraction of sp³-hybridized carbons (Fsp3) is 0.467. The van der Waals surface area contributed by atoms with Gasteiger partial charge in [-0.1, -0.05) is 30.3 Å². The lowest BCUT2D eigenvalue weighted by atomic mass is 9.97. The molecule has 6 nitrogen and oxygen atoms in total. The molecule has 1 fully saturated rings. The molecule has 0 bridgehead atoms. The number of piperidine rings is 1. The summed E-state index contributed by atoms with van der Waals surface area (Å²) in [6, 6.07) is 9.60. The van der Waals surface area contributed by atoms with Gasteiger partial charge in [0.2, 0.25) is 0 Å². The van der Waals surface area contributed by atoms with Gasteiger partial charge in [0.05, 0.1) is 0 Å². The van der Waals surface area contributed by atoms with E-state index in [2.05, 4.69) is 0 Å². The third kappa shape index (κ3) is 4.37. The zero-order valence-corrected chi connectivity index (χ0v) is 12.0. The highest BCUT2D eigenvalue weighted by Gasteiger charge is 2.24. The fourth-order valence-corrected chi connectivity index (χ4v) is 2.76. The van der Waals surface area contributed by atoms with Crippen molar-refractivity contribution < 1.29 is 9.90 Å². The predicted molar refractivity (Wildman–Crippen MR) is 81.1 cm³/mol. The average Bonchev–Trinajstić information content (AvgIpc) is 2.48. The molecule has 1 saturated heterocycles. The monoisotopic (exact) mass is 290 g/mol. The standard InChI is InChI=1S/C15H22N4O2/c16-14(17)18-8-4-7-13(10-18)11-19(15(20)21)9-12-5-2-1-3-6-12/h1-3,5-6,13H,4,7-11H2,(H3,16,17)(H,20,21)/t13-/m0/s1. The van der Waals surface area contributed by atoms with Crippen LogP contribution in [0.25, 0.3) is 0 Å². The normalized spacial score (nSPS) is 18.3. The molecular weight excluding hydrogens is 268 g/mol. The van der Waals surface area contributed by atoms with Gasteiger partial charge >= 0.3 is 6.09 Å². The molecule has 1 aliphatic rings. The molecule has 0 aliphatic carbocycles. The number of hydrogen-bond acceptors (Lipinski definition) is 2. The van der Waals surface area contributed by atoms with E-state index in [1.165, 1.54) is 4.90 Å². The smallest absolute Gasteiger partial charge is 0.407 e. The van der Waals surface area contributed by atoms with E-state index >= 15 is 0 Å². The van der Waals surface area contributed by atoms with Crippen molar-refractivity contribution in [3.63, 3.8) is 0 Å². The molecule has 0 unspecified atom stereocenters. The zero-order chi connectivity index (χ0) is 15.2. The Balaban J connectivity index is 1.96. The molecule has 21 heavy (non-hydrogen) atoms. The van der Waals surface area contributed by atoms with Crippen LogP contribution in [-0.2, 0) is 6.54 Å². The van der Waals surface area contributed by atoms with Gasteiger partial charge in [0.25, 0.3) is 0 Å². The molecule has 0 aromatic heterocycles. The number of carbonyl (C=O) groups is 1. The van der Waals surface area contributed by atoms with E-state index < -0.39 is 6.09 Å². The lowest BCUT2D eigenvalue weighted by Gasteiger charge is -2.35. The lowest BCUT2D eigenvalue weighted by Crippen LogP contribution is -2.46. The van der Waals surface area contributed by atoms with Crippen LogP contribution in [0, 0.1) is 11.3 Å². The SMILES string of the molecule is N=C(N)N1CCC[C@H](CN(Cc2ccccc2)C(=O)O)C1. The largest absolute Gasteiger partial charge is 0.465 e. The molecule has 1 atom stereocenters. The number of nitrogens with zero attached hydrogens (tertiary/aromatic N) is 2. The van der Waals surface area contributed by atoms with Crippen molar-refractivity contribution in [2.24, 2.45) is 11.7 Å². The Morgan fingerprint density at radius 3 is 2.76 bits per heavy atom. The highest BCUT2D eigenvalue weighted by molar-refractivity contribution is 5.74. The minimum atomic E-state index is -0.904. The first kappa shape index (κ1) is 15.2. The predicted octanol–water partition coefficient (Wildman–Crippen LogP) is 1.77. The number of nitrogens with two attached hydrogens (primary N) is 1. The zero-order valence-electron chi connectivity index (χ0n) is 12.0. The number of carboxylic acid groups (broad SMARTS) is 1. The second-order valence-electron chi connectivity index (χ2n) is 5.49. The van der Waals surface area contributed by atoms with Crippen molar-refractivity contribution in [3.8, 4) is 0 Å². The van der Waals surface area contributed by atoms with Gasteiger partial charge in [0, 0.05) is 26.2 Å². The van der Waals surface area contributed by atoms with Crippen LogP contribution < -0.4 is 5.73 Å². The van der Waals surface area contributed by atoms with Crippen molar-refractivity contribution in [3.05, 3.63) is 35.9 Å². The van der Waals surface area contributed by atoms with E-state index in [1.807, 2.05) is 35.2 Å². The molecule has 6 heteroatoms. The topological polar surface area (TPSA) is 93.7 Å². The summed E-state index contributed by atoms with van der Waals surface area (Å²) in [5, 5.41) is 16.9. The van der Waals surface area contributed by atoms with Crippen LogP contribution in [0.2, 0.25) is 0 Å². The molecule has 114 valence electrons. The highest BCUT2D eigenvalue weighted by atomic mass is 16.4. The maximum atomic E-state index is 11.4. The van der Waals surface area contributed by atoms with Gasteiger partial charge in [-0.15, -0.1) is 0 Å². The van der Waals surface area contributed by atoms with Crippen LogP contribution in [0.3, 0.4) is 0 Å². The fourth-order valence-electron chi connectivity index (χ4n) is 2.76. The van der Waals surface area contributed by atoms with Gasteiger partial charge in [0.1, 0.15) is 0 Å². The summed E-state index contributed by atoms with van der Waals surface area (Å²) >= 11 is 0. The molecule has 0 spiro atoms. The van der Waals surface area contributed by atoms with Gasteiger partial charge in [-0.2, -0.15) is 0 Å². The summed E-state index contributed by atoms with van der Waals surface area (Å²) in [7, 11) is 0. The average molecular weight is 290 g/mol. The van der Waals surface area contributed by atoms with Crippen LogP contribution in [-0.4, -0.2) is 46.6 Å². The first-order valence-electron chi connectivity index (χ1n) is 7.17. The van der Waals surface area contributed by atoms with Gasteiger partial charge in [-0.25, -0.2) is 4.79 Å². The van der Waals surface area contributed by atoms with Crippen molar-refractivity contribution in [1.29, 1.82) is 5.41 Å². The molecule has 4 N–H and O–H groups in total. The molecule has 1 aromatic rings. The summed E-state index contributed by atoms with van der Waals surface area (Å²) in [4.78, 5) is 14.7. The van der Waals surface area contributed by atoms with E-state index in [0.29, 0.717) is 19.6 Å². The van der Waals surface area contributed by atoms with Crippen molar-refractivity contribution >= 4 is 12.1 Å². The number of likely N-dealkylation sites (tertiary alicyclic amines) is 1. The van der Waals surface area contributed by atoms with E-state index in [0.717, 1.165) is 24.9 Å². The molecule has 1 aliphatic heterocycles. The van der Waals surface area contributed by atoms with Crippen LogP contribution in [0.1, 0.15) is 18.4 Å². The van der Waals surface area contributed by atoms with E-state index in [9.17, 15) is 9.90 Å². The second kappa shape index (κ2) is 6.97. The number of nitrogens with one attached hydrogen (secondary N) is 1. The third-order valence-electron chi connectivity index (χ3n) is 3.83. The molecular formula is C15H22N4O2. The van der Waals surface area contributed by atoms with E-state index in [1.54, 1.807) is 0 Å². The summed E-state index contributed by atoms with van der Waals surface area (Å²) in [6.45, 7) is 2.33. The molecule has 0 radical (unpaired) electrons. The Morgan fingerprint density at radius 2 is 2.14 bits per heavy atom. The second-order valence-corrected chi connectivity index (χ2v) is 5.49. The Bertz CT molecular complexity index is 492. The summed E-state index contributed by atoms with van der Waals surface area (Å²) < 4.78 is 0. The van der Waals surface area contributed by atoms with Crippen molar-refractivity contribution in [1.82, 2.24) is 9.80 Å². The number of benzene rings is 1. The van der Waals surface area contributed by atoms with Crippen LogP contribution in [0.15, 0.2) is 30.3 Å². The minimum absolute atomic E-state index is 0.0737. The van der Waals surface area contributed by atoms with Crippen LogP contribution >= 0.6 is 0 Å². The van der Waals surface area contributed by atoms with Crippen molar-refractivity contribution in [2.75, 3.05) is 19.6 Å². The van der Waals surface area contributed by atoms with Gasteiger partial charge < -0.3 is 20.6 Å². The third-order valence-corrected chi connectivity index (χ3v) is 3.83. The molecule has 2 rings (SSSR count). The maximum Gasteiger partial charge on any atom is 0.407 e. The Hall–Kier alpha value is -2.24. The first-order chi connectivity index (χ1) is 10.1. The van der Waals surface area contributed by atoms with Crippen molar-refractivity contribution in [2.45, 2.75) is 19.4 Å². The van der Waals surface area contributed by atoms with Gasteiger partial charge in [-0.3, -0.25) is 5.41 Å². The van der Waals surface area contributed by atoms with Gasteiger partial charge in [0.15, 0.2) is 5.96 Å². The van der Waals surface area contributed by atoms with Crippen LogP contribution in [0.5, 0.6) is 0 Å². The quantitative estimate of drug-likeness (QED) is 0.582. The molecule has 1 aromatic carbocycles. The molecule has 1 amide bonds. The van der Waals surface area contributed by atoms with E-state index in [-0.39, 0.29) is 11.9 Å². The number of hydrogen-bond donors (Lipinski definition) is 3. The number of amides is 1. The summed E-state index contributed by atoms with van der Waals surface area (Å²) in [6.07, 6.45) is 1.02. The van der Waals surface area contributed by atoms with Crippen LogP contribution in [0.4, 0.5) is 4.79 Å². The number of guanidine groups is 1. The first-order valence-corrected chi connectivity index (χ1v) is 7.17. The number of rotatable bonds is 4. The Kier molecular flexibility index (Phi) is 5.03. The molecule has 0 saturated carbocycles. The Morgan fingerprint density at radius 1 is 1.43 bits per heavy atom. The summed E-state index contributed by atoms with van der Waals surface area (Å²) in [5.74, 6) is 0.298. The molecule has 1 heterocycles. The Labute approximate surface area is 124 Å². The van der Waals surface area contributed by atoms with Gasteiger partial charge in [-0.05, 0) is 24.3 Å².